The van der Waals surface area contributed by atoms with E-state index >= 15 is 0 Å². The number of hydrogen-bond acceptors (Lipinski definition) is 4. The van der Waals surface area contributed by atoms with Crippen molar-refractivity contribution in [1.82, 2.24) is 21.3 Å². The van der Waals surface area contributed by atoms with Gasteiger partial charge in [0.2, 0.25) is 0 Å². The molecular weight excluding hydrogens is 320 g/mol. The Labute approximate surface area is 163 Å². The summed E-state index contributed by atoms with van der Waals surface area (Å²) >= 11 is 0. The minimum Gasteiger partial charge on any atom is -0.317 e. The van der Waals surface area contributed by atoms with E-state index < -0.39 is 0 Å². The Morgan fingerprint density at radius 2 is 0.692 bits per heavy atom. The molecule has 0 aromatic rings. The van der Waals surface area contributed by atoms with Gasteiger partial charge < -0.3 is 21.3 Å². The molecule has 0 bridgehead atoms. The minimum atomic E-state index is 1.02. The van der Waals surface area contributed by atoms with E-state index in [4.69, 9.17) is 0 Å². The molecule has 0 saturated heterocycles. The van der Waals surface area contributed by atoms with Crippen molar-refractivity contribution in [2.24, 2.45) is 11.8 Å². The van der Waals surface area contributed by atoms with Crippen LogP contribution in [0.5, 0.6) is 0 Å². The lowest BCUT2D eigenvalue weighted by Crippen LogP contribution is -2.21. The van der Waals surface area contributed by atoms with Gasteiger partial charge in [-0.15, -0.1) is 0 Å². The molecule has 0 amide bonds. The predicted molar refractivity (Wildman–Crippen MR) is 114 cm³/mol. The molecule has 4 nitrogen and oxygen atoms in total. The zero-order valence-corrected chi connectivity index (χ0v) is 17.3. The highest BCUT2D eigenvalue weighted by atomic mass is 14.9. The van der Waals surface area contributed by atoms with Gasteiger partial charge in [-0.2, -0.15) is 0 Å². The fraction of sp³-hybridized carbons (Fsp3) is 1.00. The molecule has 4 N–H and O–H groups in total. The van der Waals surface area contributed by atoms with Gasteiger partial charge in [-0.1, -0.05) is 12.8 Å². The molecule has 0 aromatic carbocycles. The van der Waals surface area contributed by atoms with E-state index in [2.05, 4.69) is 21.3 Å². The largest absolute Gasteiger partial charge is 0.317 e. The molecule has 0 aromatic heterocycles. The van der Waals surface area contributed by atoms with Crippen LogP contribution in [0.15, 0.2) is 0 Å². The lowest BCUT2D eigenvalue weighted by Gasteiger charge is -2.07. The van der Waals surface area contributed by atoms with E-state index in [0.29, 0.717) is 0 Å². The van der Waals surface area contributed by atoms with Crippen LogP contribution in [0.3, 0.4) is 0 Å². The van der Waals surface area contributed by atoms with Gasteiger partial charge in [-0.3, -0.25) is 0 Å². The highest BCUT2D eigenvalue weighted by molar-refractivity contribution is 4.75. The smallest absolute Gasteiger partial charge is 0.00205 e. The van der Waals surface area contributed by atoms with Gasteiger partial charge in [-0.05, 0) is 128 Å². The monoisotopic (exact) mass is 366 g/mol. The molecule has 26 heavy (non-hydrogen) atoms. The second-order valence-electron chi connectivity index (χ2n) is 8.62. The summed E-state index contributed by atoms with van der Waals surface area (Å²) in [6, 6.07) is 0. The molecule has 154 valence electrons. The summed E-state index contributed by atoms with van der Waals surface area (Å²) in [6.45, 7) is 9.75. The molecule has 2 saturated carbocycles. The van der Waals surface area contributed by atoms with Gasteiger partial charge in [0.25, 0.3) is 0 Å². The van der Waals surface area contributed by atoms with E-state index in [1.807, 2.05) is 0 Å². The van der Waals surface area contributed by atoms with Crippen LogP contribution >= 0.6 is 0 Å². The molecule has 2 rings (SSSR count). The third kappa shape index (κ3) is 15.0. The molecule has 4 heteroatoms. The van der Waals surface area contributed by atoms with E-state index in [1.165, 1.54) is 129 Å². The van der Waals surface area contributed by atoms with E-state index in [0.717, 1.165) is 11.8 Å². The summed E-state index contributed by atoms with van der Waals surface area (Å²) in [5, 5.41) is 14.3. The minimum absolute atomic E-state index is 1.02. The first-order valence-corrected chi connectivity index (χ1v) is 11.8. The van der Waals surface area contributed by atoms with Crippen LogP contribution in [0, 0.1) is 11.8 Å². The van der Waals surface area contributed by atoms with Crippen molar-refractivity contribution >= 4 is 0 Å². The highest BCUT2D eigenvalue weighted by Crippen LogP contribution is 2.27. The van der Waals surface area contributed by atoms with Crippen molar-refractivity contribution in [3.8, 4) is 0 Å². The van der Waals surface area contributed by atoms with Gasteiger partial charge in [0.15, 0.2) is 0 Å². The predicted octanol–water partition coefficient (Wildman–Crippen LogP) is 3.29. The second kappa shape index (κ2) is 15.9. The molecule has 2 aliphatic rings. The van der Waals surface area contributed by atoms with Crippen molar-refractivity contribution in [3.63, 3.8) is 0 Å². The maximum atomic E-state index is 3.59. The van der Waals surface area contributed by atoms with Gasteiger partial charge >= 0.3 is 0 Å². The Morgan fingerprint density at radius 1 is 0.385 bits per heavy atom. The van der Waals surface area contributed by atoms with Gasteiger partial charge in [0, 0.05) is 0 Å². The van der Waals surface area contributed by atoms with Crippen molar-refractivity contribution < 1.29 is 0 Å². The maximum absolute atomic E-state index is 3.59. The number of nitrogens with one attached hydrogen (secondary N) is 4. The van der Waals surface area contributed by atoms with Crippen LogP contribution in [-0.2, 0) is 0 Å². The quantitative estimate of drug-likeness (QED) is 0.236. The summed E-state index contributed by atoms with van der Waals surface area (Å²) in [7, 11) is 0. The summed E-state index contributed by atoms with van der Waals surface area (Å²) in [6.07, 6.45) is 16.6. The molecule has 0 radical (unpaired) electrons. The normalized spacial score (nSPS) is 17.1. The molecule has 0 unspecified atom stereocenters. The van der Waals surface area contributed by atoms with Crippen LogP contribution in [0.2, 0.25) is 0 Å². The van der Waals surface area contributed by atoms with Crippen molar-refractivity contribution in [3.05, 3.63) is 0 Å². The number of unbranched alkanes of at least 4 members (excludes halogenated alkanes) is 5. The number of hydrogen-bond donors (Lipinski definition) is 4. The Bertz CT molecular complexity index is 273. The fourth-order valence-corrected chi connectivity index (χ4v) is 3.36. The summed E-state index contributed by atoms with van der Waals surface area (Å²) in [4.78, 5) is 0. The van der Waals surface area contributed by atoms with Crippen LogP contribution in [0.4, 0.5) is 0 Å². The van der Waals surface area contributed by atoms with E-state index in [1.54, 1.807) is 0 Å². The molecular formula is C22H46N4. The maximum Gasteiger partial charge on any atom is -0.00205 e. The first-order valence-electron chi connectivity index (χ1n) is 11.8. The average Bonchev–Trinajstić information content (AvgIpc) is 3.54. The Balaban J connectivity index is 1.14. The van der Waals surface area contributed by atoms with Gasteiger partial charge in [0.05, 0.1) is 0 Å². The number of rotatable bonds is 21. The van der Waals surface area contributed by atoms with Crippen LogP contribution in [0.25, 0.3) is 0 Å². The zero-order valence-electron chi connectivity index (χ0n) is 17.3. The lowest BCUT2D eigenvalue weighted by atomic mass is 10.2. The fourth-order valence-electron chi connectivity index (χ4n) is 3.36. The van der Waals surface area contributed by atoms with Crippen molar-refractivity contribution in [2.45, 2.75) is 77.0 Å². The lowest BCUT2D eigenvalue weighted by molar-refractivity contribution is 0.532. The molecule has 0 aliphatic heterocycles. The molecule has 0 atom stereocenters. The third-order valence-electron chi connectivity index (χ3n) is 5.63. The van der Waals surface area contributed by atoms with Crippen LogP contribution < -0.4 is 21.3 Å². The summed E-state index contributed by atoms with van der Waals surface area (Å²) in [5.74, 6) is 2.03. The van der Waals surface area contributed by atoms with Crippen LogP contribution in [0.1, 0.15) is 77.0 Å². The summed E-state index contributed by atoms with van der Waals surface area (Å²) in [5.41, 5.74) is 0. The van der Waals surface area contributed by atoms with Crippen LogP contribution in [-0.4, -0.2) is 52.4 Å². The van der Waals surface area contributed by atoms with E-state index in [9.17, 15) is 0 Å². The highest BCUT2D eigenvalue weighted by Gasteiger charge is 2.20. The molecule has 0 spiro atoms. The molecule has 0 heterocycles. The SMILES string of the molecule is C(CCCNCCCCNCC1CC1)CCNCCCCNCC1CC1. The first-order chi connectivity index (χ1) is 12.9. The first kappa shape index (κ1) is 22.1. The van der Waals surface area contributed by atoms with Crippen molar-refractivity contribution in [1.29, 1.82) is 0 Å². The zero-order chi connectivity index (χ0) is 18.1. The Kier molecular flexibility index (Phi) is 13.5. The Hall–Kier alpha value is -0.160. The van der Waals surface area contributed by atoms with Crippen molar-refractivity contribution in [2.75, 3.05) is 52.4 Å². The second-order valence-corrected chi connectivity index (χ2v) is 8.62. The van der Waals surface area contributed by atoms with Gasteiger partial charge in [0.1, 0.15) is 0 Å². The molecule has 2 aliphatic carbocycles. The van der Waals surface area contributed by atoms with Gasteiger partial charge in [-0.25, -0.2) is 0 Å². The topological polar surface area (TPSA) is 48.1 Å². The standard InChI is InChI=1S/C22H46N4/c1(3-13-23-15-5-7-17-25-19-21-9-10-21)2-4-14-24-16-6-8-18-26-20-22-11-12-22/h21-26H,1-20H2. The average molecular weight is 367 g/mol. The Morgan fingerprint density at radius 3 is 1.04 bits per heavy atom. The molecule has 2 fully saturated rings. The van der Waals surface area contributed by atoms with E-state index in [-0.39, 0.29) is 0 Å². The third-order valence-corrected chi connectivity index (χ3v) is 5.63. The summed E-state index contributed by atoms with van der Waals surface area (Å²) < 4.78 is 0.